The third-order valence-corrected chi connectivity index (χ3v) is 3.85. The standard InChI is InChI=1S/C11H21NO4S/c1-9(2)12-5-6-16-11(8-12)10(13)4-7-17(3,14)15/h9,11H,4-8H2,1-3H3. The smallest absolute Gasteiger partial charge is 0.163 e. The molecule has 0 spiro atoms. The molecule has 1 aliphatic heterocycles. The molecule has 6 heteroatoms. The fourth-order valence-corrected chi connectivity index (χ4v) is 2.35. The van der Waals surface area contributed by atoms with E-state index < -0.39 is 15.9 Å². The SMILES string of the molecule is CC(C)N1CCOC(C(=O)CCS(C)(=O)=O)C1. The summed E-state index contributed by atoms with van der Waals surface area (Å²) in [5.41, 5.74) is 0. The van der Waals surface area contributed by atoms with E-state index in [1.165, 1.54) is 0 Å². The van der Waals surface area contributed by atoms with Crippen LogP contribution in [0.2, 0.25) is 0 Å². The lowest BCUT2D eigenvalue weighted by Crippen LogP contribution is -2.48. The number of hydrogen-bond donors (Lipinski definition) is 0. The van der Waals surface area contributed by atoms with Crippen LogP contribution in [-0.4, -0.2) is 63.0 Å². The first kappa shape index (κ1) is 14.6. The summed E-state index contributed by atoms with van der Waals surface area (Å²) in [5.74, 6) is -0.200. The molecule has 0 N–H and O–H groups in total. The van der Waals surface area contributed by atoms with E-state index in [0.717, 1.165) is 12.8 Å². The molecular formula is C11H21NO4S. The zero-order valence-corrected chi connectivity index (χ0v) is 11.5. The van der Waals surface area contributed by atoms with E-state index in [1.807, 2.05) is 0 Å². The van der Waals surface area contributed by atoms with Crippen molar-refractivity contribution in [3.63, 3.8) is 0 Å². The second kappa shape index (κ2) is 5.93. The molecule has 0 aliphatic carbocycles. The average molecular weight is 263 g/mol. The van der Waals surface area contributed by atoms with E-state index in [4.69, 9.17) is 4.74 Å². The van der Waals surface area contributed by atoms with E-state index >= 15 is 0 Å². The molecule has 0 saturated carbocycles. The molecule has 1 unspecified atom stereocenters. The Labute approximate surface area is 103 Å². The van der Waals surface area contributed by atoms with Crippen molar-refractivity contribution in [2.75, 3.05) is 31.7 Å². The summed E-state index contributed by atoms with van der Waals surface area (Å²) in [6.07, 6.45) is 0.727. The molecule has 0 aromatic carbocycles. The predicted molar refractivity (Wildman–Crippen MR) is 65.8 cm³/mol. The molecule has 1 aliphatic rings. The third-order valence-electron chi connectivity index (χ3n) is 2.91. The van der Waals surface area contributed by atoms with Gasteiger partial charge in [-0.05, 0) is 13.8 Å². The third kappa shape index (κ3) is 5.14. The summed E-state index contributed by atoms with van der Waals surface area (Å²) < 4.78 is 27.4. The molecule has 17 heavy (non-hydrogen) atoms. The Hall–Kier alpha value is -0.460. The van der Waals surface area contributed by atoms with Gasteiger partial charge in [-0.1, -0.05) is 0 Å². The number of carbonyl (C=O) groups excluding carboxylic acids is 1. The Morgan fingerprint density at radius 1 is 1.47 bits per heavy atom. The fraction of sp³-hybridized carbons (Fsp3) is 0.909. The van der Waals surface area contributed by atoms with Crippen LogP contribution in [0.3, 0.4) is 0 Å². The van der Waals surface area contributed by atoms with Gasteiger partial charge in [-0.25, -0.2) is 8.42 Å². The summed E-state index contributed by atoms with van der Waals surface area (Å²) in [5, 5.41) is 0. The van der Waals surface area contributed by atoms with Crippen LogP contribution in [0.5, 0.6) is 0 Å². The van der Waals surface area contributed by atoms with Crippen molar-refractivity contribution in [3.05, 3.63) is 0 Å². The van der Waals surface area contributed by atoms with Gasteiger partial charge in [0, 0.05) is 31.8 Å². The van der Waals surface area contributed by atoms with Gasteiger partial charge in [0.2, 0.25) is 0 Å². The van der Waals surface area contributed by atoms with Crippen LogP contribution < -0.4 is 0 Å². The molecule has 100 valence electrons. The molecule has 1 fully saturated rings. The van der Waals surface area contributed by atoms with Crippen molar-refractivity contribution in [1.82, 2.24) is 4.90 Å². The average Bonchev–Trinajstić information content (AvgIpc) is 2.25. The summed E-state index contributed by atoms with van der Waals surface area (Å²) >= 11 is 0. The number of ether oxygens (including phenoxy) is 1. The molecule has 0 aromatic rings. The second-order valence-corrected chi connectivity index (χ2v) is 7.05. The van der Waals surface area contributed by atoms with Crippen LogP contribution in [-0.2, 0) is 19.4 Å². The van der Waals surface area contributed by atoms with Crippen LogP contribution in [0, 0.1) is 0 Å². The summed E-state index contributed by atoms with van der Waals surface area (Å²) in [7, 11) is -3.08. The summed E-state index contributed by atoms with van der Waals surface area (Å²) in [6, 6.07) is 0.379. The monoisotopic (exact) mass is 263 g/mol. The van der Waals surface area contributed by atoms with Crippen molar-refractivity contribution in [3.8, 4) is 0 Å². The molecule has 0 aromatic heterocycles. The maximum absolute atomic E-state index is 11.8. The number of nitrogens with zero attached hydrogens (tertiary/aromatic N) is 1. The highest BCUT2D eigenvalue weighted by molar-refractivity contribution is 7.90. The Kier molecular flexibility index (Phi) is 5.09. The highest BCUT2D eigenvalue weighted by atomic mass is 32.2. The van der Waals surface area contributed by atoms with Crippen LogP contribution in [0.1, 0.15) is 20.3 Å². The van der Waals surface area contributed by atoms with E-state index in [-0.39, 0.29) is 18.0 Å². The molecule has 1 rings (SSSR count). The minimum Gasteiger partial charge on any atom is -0.368 e. The molecule has 0 bridgehead atoms. The van der Waals surface area contributed by atoms with Gasteiger partial charge in [-0.2, -0.15) is 0 Å². The first-order valence-corrected chi connectivity index (χ1v) is 7.92. The fourth-order valence-electron chi connectivity index (χ4n) is 1.78. The molecule has 0 amide bonds. The Morgan fingerprint density at radius 3 is 2.65 bits per heavy atom. The molecular weight excluding hydrogens is 242 g/mol. The Balaban J connectivity index is 2.46. The van der Waals surface area contributed by atoms with Gasteiger partial charge in [-0.15, -0.1) is 0 Å². The summed E-state index contributed by atoms with van der Waals surface area (Å²) in [6.45, 7) is 6.08. The first-order chi connectivity index (χ1) is 7.79. The molecule has 1 atom stereocenters. The Morgan fingerprint density at radius 2 is 2.12 bits per heavy atom. The maximum atomic E-state index is 11.8. The Bertz CT molecular complexity index is 364. The lowest BCUT2D eigenvalue weighted by Gasteiger charge is -2.34. The lowest BCUT2D eigenvalue weighted by molar-refractivity contribution is -0.136. The van der Waals surface area contributed by atoms with Crippen molar-refractivity contribution in [1.29, 1.82) is 0 Å². The minimum absolute atomic E-state index is 0.0510. The largest absolute Gasteiger partial charge is 0.368 e. The highest BCUT2D eigenvalue weighted by Crippen LogP contribution is 2.11. The van der Waals surface area contributed by atoms with Crippen LogP contribution >= 0.6 is 0 Å². The van der Waals surface area contributed by atoms with Gasteiger partial charge in [0.05, 0.1) is 12.4 Å². The number of morpholine rings is 1. The van der Waals surface area contributed by atoms with Gasteiger partial charge < -0.3 is 4.74 Å². The van der Waals surface area contributed by atoms with Gasteiger partial charge in [0.1, 0.15) is 15.9 Å². The van der Waals surface area contributed by atoms with E-state index in [2.05, 4.69) is 18.7 Å². The maximum Gasteiger partial charge on any atom is 0.163 e. The normalized spacial score (nSPS) is 22.9. The number of ketones is 1. The van der Waals surface area contributed by atoms with Gasteiger partial charge >= 0.3 is 0 Å². The number of carbonyl (C=O) groups is 1. The molecule has 5 nitrogen and oxygen atoms in total. The second-order valence-electron chi connectivity index (χ2n) is 4.79. The van der Waals surface area contributed by atoms with E-state index in [9.17, 15) is 13.2 Å². The zero-order chi connectivity index (χ0) is 13.1. The topological polar surface area (TPSA) is 63.7 Å². The van der Waals surface area contributed by atoms with Gasteiger partial charge in [0.25, 0.3) is 0 Å². The van der Waals surface area contributed by atoms with Crippen molar-refractivity contribution in [2.45, 2.75) is 32.4 Å². The highest BCUT2D eigenvalue weighted by Gasteiger charge is 2.27. The van der Waals surface area contributed by atoms with Crippen LogP contribution in [0.25, 0.3) is 0 Å². The van der Waals surface area contributed by atoms with Gasteiger partial charge in [0.15, 0.2) is 5.78 Å². The van der Waals surface area contributed by atoms with Crippen molar-refractivity contribution >= 4 is 15.6 Å². The van der Waals surface area contributed by atoms with Crippen molar-refractivity contribution < 1.29 is 17.9 Å². The lowest BCUT2D eigenvalue weighted by atomic mass is 10.1. The number of Topliss-reactive ketones (excluding diaryl/α,β-unsaturated/α-hetero) is 1. The van der Waals surface area contributed by atoms with Crippen molar-refractivity contribution in [2.24, 2.45) is 0 Å². The zero-order valence-electron chi connectivity index (χ0n) is 10.7. The number of rotatable bonds is 5. The minimum atomic E-state index is -3.08. The molecule has 1 saturated heterocycles. The molecule has 1 heterocycles. The molecule has 0 radical (unpaired) electrons. The number of hydrogen-bond acceptors (Lipinski definition) is 5. The quantitative estimate of drug-likeness (QED) is 0.704. The van der Waals surface area contributed by atoms with Crippen LogP contribution in [0.15, 0.2) is 0 Å². The van der Waals surface area contributed by atoms with Crippen LogP contribution in [0.4, 0.5) is 0 Å². The predicted octanol–water partition coefficient (Wildman–Crippen LogP) is 0.0994. The van der Waals surface area contributed by atoms with E-state index in [0.29, 0.717) is 19.2 Å². The van der Waals surface area contributed by atoms with Gasteiger partial charge in [-0.3, -0.25) is 9.69 Å². The first-order valence-electron chi connectivity index (χ1n) is 5.85. The summed E-state index contributed by atoms with van der Waals surface area (Å²) in [4.78, 5) is 14.0. The van der Waals surface area contributed by atoms with E-state index in [1.54, 1.807) is 0 Å². The number of sulfone groups is 1.